The molecule has 0 amide bonds. The third-order valence-corrected chi connectivity index (χ3v) is 5.68. The van der Waals surface area contributed by atoms with Crippen LogP contribution in [0.25, 0.3) is 15.9 Å². The Kier molecular flexibility index (Phi) is 4.76. The number of para-hydroxylation sites is 2. The minimum Gasteiger partial charge on any atom is -0.448 e. The van der Waals surface area contributed by atoms with Crippen LogP contribution >= 0.6 is 23.1 Å². The molecule has 5 aromatic rings. The summed E-state index contributed by atoms with van der Waals surface area (Å²) in [5, 5.41) is 18.1. The molecule has 0 atom stereocenters. The maximum atomic E-state index is 5.79. The van der Waals surface area contributed by atoms with Crippen LogP contribution in [0.4, 0.5) is 5.13 Å². The molecule has 0 unspecified atom stereocenters. The Balaban J connectivity index is 1.27. The molecule has 0 spiro atoms. The first kappa shape index (κ1) is 17.6. The van der Waals surface area contributed by atoms with E-state index in [-0.39, 0.29) is 0 Å². The number of fused-ring (bicyclic) bond motifs is 1. The van der Waals surface area contributed by atoms with E-state index in [0.29, 0.717) is 16.0 Å². The fourth-order valence-corrected chi connectivity index (χ4v) is 4.17. The Bertz CT molecular complexity index is 1240. The summed E-state index contributed by atoms with van der Waals surface area (Å²) in [6.45, 7) is 0. The number of thiazole rings is 1. The molecule has 0 aliphatic heterocycles. The van der Waals surface area contributed by atoms with Gasteiger partial charge in [0.1, 0.15) is 5.76 Å². The maximum Gasteiger partial charge on any atom is 0.221 e. The summed E-state index contributed by atoms with van der Waals surface area (Å²) in [5.74, 6) is 0.611. The molecule has 8 nitrogen and oxygen atoms in total. The zero-order chi connectivity index (χ0) is 19.5. The quantitative estimate of drug-likeness (QED) is 0.321. The van der Waals surface area contributed by atoms with Crippen LogP contribution in [0.15, 0.2) is 86.5 Å². The minimum absolute atomic E-state index is 0.611. The molecule has 5 rings (SSSR count). The Morgan fingerprint density at radius 2 is 1.90 bits per heavy atom. The monoisotopic (exact) mass is 419 g/mol. The van der Waals surface area contributed by atoms with Gasteiger partial charge in [-0.15, -0.1) is 5.10 Å². The largest absolute Gasteiger partial charge is 0.448 e. The molecule has 0 aliphatic carbocycles. The van der Waals surface area contributed by atoms with Gasteiger partial charge in [0.15, 0.2) is 5.09 Å². The van der Waals surface area contributed by atoms with Crippen LogP contribution in [-0.4, -0.2) is 31.4 Å². The van der Waals surface area contributed by atoms with Gasteiger partial charge in [0.25, 0.3) is 0 Å². The van der Waals surface area contributed by atoms with Gasteiger partial charge < -0.3 is 4.42 Å². The highest BCUT2D eigenvalue weighted by atomic mass is 32.2. The Labute approximate surface area is 173 Å². The number of aromatic nitrogens is 5. The van der Waals surface area contributed by atoms with Gasteiger partial charge in [-0.25, -0.2) is 4.98 Å². The topological polar surface area (TPSA) is 94.0 Å². The molecule has 10 heteroatoms. The van der Waals surface area contributed by atoms with Crippen molar-refractivity contribution in [2.24, 2.45) is 5.10 Å². The van der Waals surface area contributed by atoms with E-state index < -0.39 is 0 Å². The van der Waals surface area contributed by atoms with E-state index >= 15 is 0 Å². The summed E-state index contributed by atoms with van der Waals surface area (Å²) in [6, 6.07) is 21.3. The highest BCUT2D eigenvalue weighted by molar-refractivity contribution is 7.99. The normalized spacial score (nSPS) is 11.4. The Morgan fingerprint density at radius 1 is 1.03 bits per heavy atom. The number of rotatable bonds is 6. The minimum atomic E-state index is 0.611. The van der Waals surface area contributed by atoms with Gasteiger partial charge in [-0.1, -0.05) is 41.7 Å². The molecule has 0 aliphatic rings. The van der Waals surface area contributed by atoms with E-state index in [1.165, 1.54) is 11.8 Å². The average molecular weight is 419 g/mol. The maximum absolute atomic E-state index is 5.79. The second-order valence-electron chi connectivity index (χ2n) is 5.82. The van der Waals surface area contributed by atoms with Crippen molar-refractivity contribution in [3.63, 3.8) is 0 Å². The number of hydrogen-bond donors (Lipinski definition) is 1. The van der Waals surface area contributed by atoms with E-state index in [2.05, 4.69) is 31.0 Å². The molecule has 29 heavy (non-hydrogen) atoms. The third kappa shape index (κ3) is 3.89. The predicted molar refractivity (Wildman–Crippen MR) is 113 cm³/mol. The SMILES string of the molecule is C(=N/Nc1nc2ccccc2s1)/c1ccc(Sc2nnnn2-c2ccccc2)o1. The Morgan fingerprint density at radius 3 is 2.79 bits per heavy atom. The van der Waals surface area contributed by atoms with Crippen LogP contribution in [0.3, 0.4) is 0 Å². The zero-order valence-electron chi connectivity index (χ0n) is 14.8. The van der Waals surface area contributed by atoms with Gasteiger partial charge in [0, 0.05) is 0 Å². The fraction of sp³-hybridized carbons (Fsp3) is 0. The molecule has 0 radical (unpaired) electrons. The summed E-state index contributed by atoms with van der Waals surface area (Å²) in [6.07, 6.45) is 1.61. The van der Waals surface area contributed by atoms with Gasteiger partial charge in [0.05, 0.1) is 22.1 Å². The average Bonchev–Trinajstić information content (AvgIpc) is 3.48. The van der Waals surface area contributed by atoms with Gasteiger partial charge in [0.2, 0.25) is 10.3 Å². The van der Waals surface area contributed by atoms with Crippen molar-refractivity contribution in [3.8, 4) is 5.69 Å². The molecular formula is C19H13N7OS2. The van der Waals surface area contributed by atoms with E-state index in [1.807, 2.05) is 66.7 Å². The number of hydrogen-bond acceptors (Lipinski definition) is 9. The molecule has 0 saturated heterocycles. The van der Waals surface area contributed by atoms with Crippen LogP contribution in [0.2, 0.25) is 0 Å². The molecule has 3 aromatic heterocycles. The standard InChI is InChI=1S/C19H13N7OS2/c1-2-6-13(7-3-1)26-19(23-24-25-26)29-17-11-10-14(27-17)12-20-22-18-21-15-8-4-5-9-16(15)28-18/h1-12H,(H,21,22)/b20-12-. The van der Waals surface area contributed by atoms with Gasteiger partial charge in [-0.2, -0.15) is 9.78 Å². The lowest BCUT2D eigenvalue weighted by atomic mass is 10.3. The van der Waals surface area contributed by atoms with Crippen LogP contribution in [0.1, 0.15) is 5.76 Å². The fourth-order valence-electron chi connectivity index (χ4n) is 2.59. The number of tetrazole rings is 1. The van der Waals surface area contributed by atoms with Crippen molar-refractivity contribution in [1.29, 1.82) is 0 Å². The van der Waals surface area contributed by atoms with Crippen LogP contribution in [0.5, 0.6) is 0 Å². The van der Waals surface area contributed by atoms with Crippen molar-refractivity contribution in [2.45, 2.75) is 10.2 Å². The summed E-state index contributed by atoms with van der Waals surface area (Å²) in [4.78, 5) is 4.47. The first-order valence-electron chi connectivity index (χ1n) is 8.61. The Hall–Kier alpha value is -3.50. The molecule has 1 N–H and O–H groups in total. The number of nitrogens with one attached hydrogen (secondary N) is 1. The summed E-state index contributed by atoms with van der Waals surface area (Å²) >= 11 is 2.88. The third-order valence-electron chi connectivity index (χ3n) is 3.88. The summed E-state index contributed by atoms with van der Waals surface area (Å²) in [5.41, 5.74) is 4.77. The molecular weight excluding hydrogens is 406 g/mol. The summed E-state index contributed by atoms with van der Waals surface area (Å²) < 4.78 is 8.56. The molecule has 142 valence electrons. The van der Waals surface area contributed by atoms with Gasteiger partial charge in [-0.3, -0.25) is 5.43 Å². The van der Waals surface area contributed by atoms with Gasteiger partial charge in [-0.05, 0) is 58.6 Å². The summed E-state index contributed by atoms with van der Waals surface area (Å²) in [7, 11) is 0. The highest BCUT2D eigenvalue weighted by Crippen LogP contribution is 2.28. The molecule has 0 fully saturated rings. The number of nitrogens with zero attached hydrogens (tertiary/aromatic N) is 6. The predicted octanol–water partition coefficient (Wildman–Crippen LogP) is 4.46. The van der Waals surface area contributed by atoms with E-state index in [4.69, 9.17) is 4.42 Å². The van der Waals surface area contributed by atoms with E-state index in [1.54, 1.807) is 22.2 Å². The molecule has 0 bridgehead atoms. The molecule has 3 heterocycles. The molecule has 0 saturated carbocycles. The second-order valence-corrected chi connectivity index (χ2v) is 7.83. The lowest BCUT2D eigenvalue weighted by molar-refractivity contribution is 0.468. The van der Waals surface area contributed by atoms with Crippen LogP contribution in [-0.2, 0) is 0 Å². The van der Waals surface area contributed by atoms with Crippen molar-refractivity contribution < 1.29 is 4.42 Å². The lowest BCUT2D eigenvalue weighted by Gasteiger charge is -2.01. The molecule has 2 aromatic carbocycles. The number of furan rings is 1. The van der Waals surface area contributed by atoms with E-state index in [9.17, 15) is 0 Å². The van der Waals surface area contributed by atoms with Crippen molar-refractivity contribution >= 4 is 44.7 Å². The van der Waals surface area contributed by atoms with E-state index in [0.717, 1.165) is 21.0 Å². The van der Waals surface area contributed by atoms with Crippen molar-refractivity contribution in [1.82, 2.24) is 25.2 Å². The number of hydrazone groups is 1. The second kappa shape index (κ2) is 7.86. The first-order valence-corrected chi connectivity index (χ1v) is 10.2. The number of benzene rings is 2. The van der Waals surface area contributed by atoms with Crippen LogP contribution in [0, 0.1) is 0 Å². The zero-order valence-corrected chi connectivity index (χ0v) is 16.5. The highest BCUT2D eigenvalue weighted by Gasteiger charge is 2.12. The van der Waals surface area contributed by atoms with Crippen LogP contribution < -0.4 is 5.43 Å². The number of anilines is 1. The first-order chi connectivity index (χ1) is 14.3. The van der Waals surface area contributed by atoms with Crippen molar-refractivity contribution in [2.75, 3.05) is 5.43 Å². The van der Waals surface area contributed by atoms with Crippen molar-refractivity contribution in [3.05, 3.63) is 72.5 Å². The van der Waals surface area contributed by atoms with Gasteiger partial charge >= 0.3 is 0 Å². The lowest BCUT2D eigenvalue weighted by Crippen LogP contribution is -1.97. The smallest absolute Gasteiger partial charge is 0.221 e.